The van der Waals surface area contributed by atoms with E-state index in [4.69, 9.17) is 0 Å². The Morgan fingerprint density at radius 3 is 2.61 bits per heavy atom. The van der Waals surface area contributed by atoms with E-state index in [9.17, 15) is 9.59 Å². The third kappa shape index (κ3) is 4.32. The normalized spacial score (nSPS) is 15.5. The maximum absolute atomic E-state index is 12.8. The highest BCUT2D eigenvalue weighted by Crippen LogP contribution is 2.28. The van der Waals surface area contributed by atoms with Crippen molar-refractivity contribution in [3.63, 3.8) is 0 Å². The van der Waals surface area contributed by atoms with Gasteiger partial charge in [-0.25, -0.2) is 0 Å². The first-order chi connectivity index (χ1) is 10.7. The largest absolute Gasteiger partial charge is 0.350 e. The molecular formula is C18H27N3O2. The molecule has 1 heterocycles. The molecule has 0 fully saturated rings. The quantitative estimate of drug-likeness (QED) is 0.921. The molecule has 0 spiro atoms. The third-order valence-corrected chi connectivity index (χ3v) is 4.08. The summed E-state index contributed by atoms with van der Waals surface area (Å²) < 4.78 is 0. The summed E-state index contributed by atoms with van der Waals surface area (Å²) in [6.07, 6.45) is 0.892. The smallest absolute Gasteiger partial charge is 0.244 e. The average molecular weight is 317 g/mol. The Morgan fingerprint density at radius 1 is 1.30 bits per heavy atom. The highest BCUT2D eigenvalue weighted by molar-refractivity contribution is 5.99. The molecule has 1 aliphatic rings. The van der Waals surface area contributed by atoms with E-state index in [1.807, 2.05) is 57.8 Å². The number of likely N-dealkylation sites (N-methyl/N-ethyl adjacent to an activating group) is 1. The van der Waals surface area contributed by atoms with Gasteiger partial charge in [-0.15, -0.1) is 0 Å². The number of hydrogen-bond donors (Lipinski definition) is 1. The predicted octanol–water partition coefficient (Wildman–Crippen LogP) is 1.81. The topological polar surface area (TPSA) is 52.7 Å². The summed E-state index contributed by atoms with van der Waals surface area (Å²) in [7, 11) is 1.81. The van der Waals surface area contributed by atoms with Crippen molar-refractivity contribution >= 4 is 17.5 Å². The van der Waals surface area contributed by atoms with E-state index in [2.05, 4.69) is 11.4 Å². The fourth-order valence-corrected chi connectivity index (χ4v) is 2.80. The SMILES string of the molecule is CC(C(=O)N1CCc2ccccc21)N(C)CC(=O)NC(C)(C)C. The van der Waals surface area contributed by atoms with Crippen LogP contribution in [0.4, 0.5) is 5.69 Å². The summed E-state index contributed by atoms with van der Waals surface area (Å²) >= 11 is 0. The van der Waals surface area contributed by atoms with Crippen LogP contribution in [0.15, 0.2) is 24.3 Å². The monoisotopic (exact) mass is 317 g/mol. The molecule has 1 atom stereocenters. The van der Waals surface area contributed by atoms with E-state index in [0.717, 1.165) is 12.1 Å². The number of hydrogen-bond acceptors (Lipinski definition) is 3. The fourth-order valence-electron chi connectivity index (χ4n) is 2.80. The van der Waals surface area contributed by atoms with Gasteiger partial charge in [0.05, 0.1) is 12.6 Å². The average Bonchev–Trinajstić information content (AvgIpc) is 2.87. The Balaban J connectivity index is 1.99. The first-order valence-corrected chi connectivity index (χ1v) is 8.09. The summed E-state index contributed by atoms with van der Waals surface area (Å²) in [6, 6.07) is 7.66. The van der Waals surface area contributed by atoms with Crippen LogP contribution in [0.3, 0.4) is 0 Å². The van der Waals surface area contributed by atoms with Crippen molar-refractivity contribution in [1.82, 2.24) is 10.2 Å². The molecule has 5 nitrogen and oxygen atoms in total. The molecule has 1 aromatic carbocycles. The Kier molecular flexibility index (Phi) is 5.09. The molecule has 23 heavy (non-hydrogen) atoms. The maximum Gasteiger partial charge on any atom is 0.244 e. The first kappa shape index (κ1) is 17.5. The predicted molar refractivity (Wildman–Crippen MR) is 92.5 cm³/mol. The lowest BCUT2D eigenvalue weighted by molar-refractivity contribution is -0.126. The minimum absolute atomic E-state index is 0.0426. The molecular weight excluding hydrogens is 290 g/mol. The molecule has 0 saturated carbocycles. The van der Waals surface area contributed by atoms with Crippen LogP contribution in [-0.2, 0) is 16.0 Å². The van der Waals surface area contributed by atoms with Gasteiger partial charge >= 0.3 is 0 Å². The zero-order chi connectivity index (χ0) is 17.2. The second kappa shape index (κ2) is 6.71. The number of nitrogens with one attached hydrogen (secondary N) is 1. The van der Waals surface area contributed by atoms with E-state index in [1.165, 1.54) is 5.56 Å². The van der Waals surface area contributed by atoms with Gasteiger partial charge in [0, 0.05) is 17.8 Å². The van der Waals surface area contributed by atoms with Crippen LogP contribution in [0.2, 0.25) is 0 Å². The Morgan fingerprint density at radius 2 is 1.96 bits per heavy atom. The second-order valence-corrected chi connectivity index (χ2v) is 7.26. The van der Waals surface area contributed by atoms with Crippen LogP contribution in [0.5, 0.6) is 0 Å². The van der Waals surface area contributed by atoms with Gasteiger partial charge in [-0.2, -0.15) is 0 Å². The van der Waals surface area contributed by atoms with Gasteiger partial charge in [0.15, 0.2) is 0 Å². The Bertz CT molecular complexity index is 592. The number of nitrogens with zero attached hydrogens (tertiary/aromatic N) is 2. The highest BCUT2D eigenvalue weighted by Gasteiger charge is 2.30. The van der Waals surface area contributed by atoms with Crippen molar-refractivity contribution in [2.24, 2.45) is 0 Å². The molecule has 2 rings (SSSR count). The number of amides is 2. The van der Waals surface area contributed by atoms with Crippen molar-refractivity contribution in [3.05, 3.63) is 29.8 Å². The third-order valence-electron chi connectivity index (χ3n) is 4.08. The van der Waals surface area contributed by atoms with E-state index in [-0.39, 0.29) is 29.9 Å². The van der Waals surface area contributed by atoms with Crippen molar-refractivity contribution in [2.45, 2.75) is 45.7 Å². The number of carbonyl (C=O) groups is 2. The summed E-state index contributed by atoms with van der Waals surface area (Å²) in [4.78, 5) is 28.4. The van der Waals surface area contributed by atoms with Gasteiger partial charge in [0.2, 0.25) is 11.8 Å². The summed E-state index contributed by atoms with van der Waals surface area (Å²) in [5.41, 5.74) is 1.94. The lowest BCUT2D eigenvalue weighted by atomic mass is 10.1. The van der Waals surface area contributed by atoms with Crippen molar-refractivity contribution in [2.75, 3.05) is 25.0 Å². The number of anilines is 1. The van der Waals surface area contributed by atoms with E-state index < -0.39 is 0 Å². The molecule has 0 radical (unpaired) electrons. The van der Waals surface area contributed by atoms with E-state index >= 15 is 0 Å². The highest BCUT2D eigenvalue weighted by atomic mass is 16.2. The molecule has 1 unspecified atom stereocenters. The van der Waals surface area contributed by atoms with Crippen LogP contribution in [0.25, 0.3) is 0 Å². The molecule has 0 saturated heterocycles. The zero-order valence-corrected chi connectivity index (χ0v) is 14.7. The van der Waals surface area contributed by atoms with Crippen molar-refractivity contribution in [1.29, 1.82) is 0 Å². The molecule has 1 aromatic rings. The molecule has 0 aromatic heterocycles. The maximum atomic E-state index is 12.8. The van der Waals surface area contributed by atoms with E-state index in [1.54, 1.807) is 4.90 Å². The van der Waals surface area contributed by atoms with Crippen LogP contribution in [0.1, 0.15) is 33.3 Å². The fraction of sp³-hybridized carbons (Fsp3) is 0.556. The van der Waals surface area contributed by atoms with Gasteiger partial charge in [0.25, 0.3) is 0 Å². The molecule has 1 aliphatic heterocycles. The zero-order valence-electron chi connectivity index (χ0n) is 14.7. The number of benzene rings is 1. The molecule has 1 N–H and O–H groups in total. The van der Waals surface area contributed by atoms with Gasteiger partial charge in [-0.3, -0.25) is 14.5 Å². The van der Waals surface area contributed by atoms with Gasteiger partial charge < -0.3 is 10.2 Å². The lowest BCUT2D eigenvalue weighted by Gasteiger charge is -2.29. The van der Waals surface area contributed by atoms with Gasteiger partial charge in [-0.1, -0.05) is 18.2 Å². The minimum atomic E-state index is -0.341. The van der Waals surface area contributed by atoms with Crippen molar-refractivity contribution < 1.29 is 9.59 Å². The Labute approximate surface area is 138 Å². The van der Waals surface area contributed by atoms with Crippen LogP contribution in [0, 0.1) is 0 Å². The second-order valence-electron chi connectivity index (χ2n) is 7.26. The van der Waals surface area contributed by atoms with Crippen LogP contribution < -0.4 is 10.2 Å². The standard InChI is InChI=1S/C18H27N3O2/c1-13(20(5)12-16(22)19-18(2,3)4)17(23)21-11-10-14-8-6-7-9-15(14)21/h6-9,13H,10-12H2,1-5H3,(H,19,22). The number of fused-ring (bicyclic) bond motifs is 1. The first-order valence-electron chi connectivity index (χ1n) is 8.09. The summed E-state index contributed by atoms with van der Waals surface area (Å²) in [6.45, 7) is 8.61. The number of carbonyl (C=O) groups excluding carboxylic acids is 2. The lowest BCUT2D eigenvalue weighted by Crippen LogP contribution is -2.50. The van der Waals surface area contributed by atoms with Crippen molar-refractivity contribution in [3.8, 4) is 0 Å². The molecule has 126 valence electrons. The number of para-hydroxylation sites is 1. The van der Waals surface area contributed by atoms with Gasteiger partial charge in [-0.05, 0) is 52.8 Å². The summed E-state index contributed by atoms with van der Waals surface area (Å²) in [5, 5.41) is 2.92. The summed E-state index contributed by atoms with van der Waals surface area (Å²) in [5.74, 6) is -0.0255. The Hall–Kier alpha value is -1.88. The molecule has 2 amide bonds. The molecule has 5 heteroatoms. The van der Waals surface area contributed by atoms with Crippen LogP contribution in [-0.4, -0.2) is 48.4 Å². The minimum Gasteiger partial charge on any atom is -0.350 e. The van der Waals surface area contributed by atoms with E-state index in [0.29, 0.717) is 6.54 Å². The molecule has 0 bridgehead atoms. The molecule has 0 aliphatic carbocycles. The number of rotatable bonds is 4. The van der Waals surface area contributed by atoms with Crippen LogP contribution >= 0.6 is 0 Å². The van der Waals surface area contributed by atoms with Gasteiger partial charge in [0.1, 0.15) is 0 Å².